The highest BCUT2D eigenvalue weighted by Gasteiger charge is 2.07. The second-order valence-electron chi connectivity index (χ2n) is 4.87. The fraction of sp³-hybridized carbons (Fsp3) is 0.312. The summed E-state index contributed by atoms with van der Waals surface area (Å²) in [6.45, 7) is 4.05. The number of pyridine rings is 1. The molecule has 1 aromatic carbocycles. The fourth-order valence-electron chi connectivity index (χ4n) is 1.84. The van der Waals surface area contributed by atoms with E-state index in [0.717, 1.165) is 34.5 Å². The number of aromatic nitrogens is 1. The third-order valence-electron chi connectivity index (χ3n) is 3.13. The molecule has 0 aliphatic heterocycles. The van der Waals surface area contributed by atoms with Gasteiger partial charge in [0, 0.05) is 11.7 Å². The predicted octanol–water partition coefficient (Wildman–Crippen LogP) is 4.22. The molecule has 1 atom stereocenters. The van der Waals surface area contributed by atoms with E-state index in [1.807, 2.05) is 25.1 Å². The monoisotopic (exact) mass is 334 g/mol. The van der Waals surface area contributed by atoms with E-state index in [0.29, 0.717) is 0 Å². The molecule has 2 aromatic rings. The molecule has 2 rings (SSSR count). The minimum absolute atomic E-state index is 0.204. The zero-order valence-corrected chi connectivity index (χ0v) is 13.4. The molecule has 3 nitrogen and oxygen atoms in total. The quantitative estimate of drug-likeness (QED) is 0.890. The first-order valence-electron chi connectivity index (χ1n) is 6.73. The van der Waals surface area contributed by atoms with Gasteiger partial charge in [-0.25, -0.2) is 0 Å². The molecule has 0 amide bonds. The first-order chi connectivity index (χ1) is 9.58. The van der Waals surface area contributed by atoms with Gasteiger partial charge in [-0.05, 0) is 65.5 Å². The van der Waals surface area contributed by atoms with Crippen molar-refractivity contribution in [2.24, 2.45) is 5.73 Å². The molecule has 0 radical (unpaired) electrons. The van der Waals surface area contributed by atoms with E-state index < -0.39 is 0 Å². The molecule has 2 N–H and O–H groups in total. The lowest BCUT2D eigenvalue weighted by Crippen LogP contribution is -2.21. The van der Waals surface area contributed by atoms with Gasteiger partial charge in [-0.3, -0.25) is 4.98 Å². The summed E-state index contributed by atoms with van der Waals surface area (Å²) in [5.74, 6) is 1.51. The Morgan fingerprint density at radius 1 is 1.30 bits per heavy atom. The maximum Gasteiger partial charge on any atom is 0.145 e. The Morgan fingerprint density at radius 2 is 2.10 bits per heavy atom. The minimum Gasteiger partial charge on any atom is -0.455 e. The van der Waals surface area contributed by atoms with Gasteiger partial charge in [-0.2, -0.15) is 0 Å². The predicted molar refractivity (Wildman–Crippen MR) is 85.2 cm³/mol. The number of benzene rings is 1. The number of aryl methyl sites for hydroxylation is 1. The average Bonchev–Trinajstić information content (AvgIpc) is 2.44. The second-order valence-corrected chi connectivity index (χ2v) is 5.73. The standard InChI is InChI=1S/C16H19BrN2O/c1-3-13(18)8-12-5-7-16(15(17)9-12)20-14-6-4-11(2)19-10-14/h4-7,9-10,13H,3,8,18H2,1-2H3. The van der Waals surface area contributed by atoms with Crippen LogP contribution < -0.4 is 10.5 Å². The molecule has 0 aliphatic carbocycles. The number of nitrogens with zero attached hydrogens (tertiary/aromatic N) is 1. The van der Waals surface area contributed by atoms with Crippen molar-refractivity contribution in [2.45, 2.75) is 32.7 Å². The van der Waals surface area contributed by atoms with Crippen LogP contribution in [0.15, 0.2) is 41.0 Å². The molecule has 0 fully saturated rings. The fourth-order valence-corrected chi connectivity index (χ4v) is 2.35. The summed E-state index contributed by atoms with van der Waals surface area (Å²) < 4.78 is 6.74. The molecular weight excluding hydrogens is 316 g/mol. The molecule has 106 valence electrons. The first kappa shape index (κ1) is 15.0. The summed E-state index contributed by atoms with van der Waals surface area (Å²) >= 11 is 3.54. The number of nitrogens with two attached hydrogens (primary N) is 1. The van der Waals surface area contributed by atoms with Gasteiger partial charge in [-0.15, -0.1) is 0 Å². The van der Waals surface area contributed by atoms with Crippen LogP contribution in [0.2, 0.25) is 0 Å². The second kappa shape index (κ2) is 6.86. The van der Waals surface area contributed by atoms with Crippen LogP contribution in [0.3, 0.4) is 0 Å². The molecule has 20 heavy (non-hydrogen) atoms. The third-order valence-corrected chi connectivity index (χ3v) is 3.75. The van der Waals surface area contributed by atoms with E-state index in [2.05, 4.69) is 40.0 Å². The summed E-state index contributed by atoms with van der Waals surface area (Å²) in [5.41, 5.74) is 8.16. The summed E-state index contributed by atoms with van der Waals surface area (Å²) in [5, 5.41) is 0. The van der Waals surface area contributed by atoms with Crippen molar-refractivity contribution in [3.8, 4) is 11.5 Å². The molecular formula is C16H19BrN2O. The van der Waals surface area contributed by atoms with Crippen molar-refractivity contribution in [3.05, 3.63) is 52.3 Å². The highest BCUT2D eigenvalue weighted by molar-refractivity contribution is 9.10. The third kappa shape index (κ3) is 4.05. The molecule has 0 bridgehead atoms. The summed E-state index contributed by atoms with van der Waals surface area (Å²) in [4.78, 5) is 4.22. The van der Waals surface area contributed by atoms with Crippen LogP contribution in [0.1, 0.15) is 24.6 Å². The van der Waals surface area contributed by atoms with Crippen LogP contribution in [0.5, 0.6) is 11.5 Å². The summed E-state index contributed by atoms with van der Waals surface area (Å²) in [6, 6.07) is 10.1. The topological polar surface area (TPSA) is 48.1 Å². The van der Waals surface area contributed by atoms with Gasteiger partial charge in [0.15, 0.2) is 0 Å². The largest absolute Gasteiger partial charge is 0.455 e. The van der Waals surface area contributed by atoms with E-state index in [4.69, 9.17) is 10.5 Å². The van der Waals surface area contributed by atoms with Crippen LogP contribution in [-0.2, 0) is 6.42 Å². The smallest absolute Gasteiger partial charge is 0.145 e. The maximum absolute atomic E-state index is 5.98. The minimum atomic E-state index is 0.204. The molecule has 4 heteroatoms. The van der Waals surface area contributed by atoms with Crippen LogP contribution in [-0.4, -0.2) is 11.0 Å². The SMILES string of the molecule is CCC(N)Cc1ccc(Oc2ccc(C)nc2)c(Br)c1. The van der Waals surface area contributed by atoms with E-state index in [-0.39, 0.29) is 6.04 Å². The Hall–Kier alpha value is -1.39. The molecule has 1 unspecified atom stereocenters. The van der Waals surface area contributed by atoms with Crippen LogP contribution in [0.25, 0.3) is 0 Å². The first-order valence-corrected chi connectivity index (χ1v) is 7.52. The van der Waals surface area contributed by atoms with Crippen molar-refractivity contribution < 1.29 is 4.74 Å². The van der Waals surface area contributed by atoms with Gasteiger partial charge in [0.25, 0.3) is 0 Å². The van der Waals surface area contributed by atoms with Crippen LogP contribution >= 0.6 is 15.9 Å². The van der Waals surface area contributed by atoms with Gasteiger partial charge >= 0.3 is 0 Å². The molecule has 1 aromatic heterocycles. The highest BCUT2D eigenvalue weighted by atomic mass is 79.9. The summed E-state index contributed by atoms with van der Waals surface area (Å²) in [7, 11) is 0. The van der Waals surface area contributed by atoms with Crippen molar-refractivity contribution >= 4 is 15.9 Å². The number of hydrogen-bond donors (Lipinski definition) is 1. The van der Waals surface area contributed by atoms with E-state index in [9.17, 15) is 0 Å². The normalized spacial score (nSPS) is 12.2. The lowest BCUT2D eigenvalue weighted by molar-refractivity contribution is 0.476. The van der Waals surface area contributed by atoms with Gasteiger partial charge in [0.1, 0.15) is 11.5 Å². The Kier molecular flexibility index (Phi) is 5.15. The van der Waals surface area contributed by atoms with Gasteiger partial charge < -0.3 is 10.5 Å². The lowest BCUT2D eigenvalue weighted by Gasteiger charge is -2.12. The van der Waals surface area contributed by atoms with E-state index in [1.165, 1.54) is 5.56 Å². The van der Waals surface area contributed by atoms with Gasteiger partial charge in [-0.1, -0.05) is 13.0 Å². The number of ether oxygens (including phenoxy) is 1. The van der Waals surface area contributed by atoms with Crippen molar-refractivity contribution in [3.63, 3.8) is 0 Å². The summed E-state index contributed by atoms with van der Waals surface area (Å²) in [6.07, 6.45) is 3.58. The molecule has 0 saturated carbocycles. The Morgan fingerprint density at radius 3 is 2.70 bits per heavy atom. The van der Waals surface area contributed by atoms with Gasteiger partial charge in [0.05, 0.1) is 10.7 Å². The number of rotatable bonds is 5. The lowest BCUT2D eigenvalue weighted by atomic mass is 10.0. The van der Waals surface area contributed by atoms with E-state index in [1.54, 1.807) is 6.20 Å². The average molecular weight is 335 g/mol. The highest BCUT2D eigenvalue weighted by Crippen LogP contribution is 2.30. The van der Waals surface area contributed by atoms with Crippen molar-refractivity contribution in [1.82, 2.24) is 4.98 Å². The van der Waals surface area contributed by atoms with Crippen LogP contribution in [0, 0.1) is 6.92 Å². The number of hydrogen-bond acceptors (Lipinski definition) is 3. The Bertz CT molecular complexity index is 569. The van der Waals surface area contributed by atoms with E-state index >= 15 is 0 Å². The molecule has 1 heterocycles. The van der Waals surface area contributed by atoms with Crippen molar-refractivity contribution in [1.29, 1.82) is 0 Å². The Balaban J connectivity index is 2.11. The number of halogens is 1. The molecule has 0 spiro atoms. The Labute approximate surface area is 128 Å². The van der Waals surface area contributed by atoms with Crippen LogP contribution in [0.4, 0.5) is 0 Å². The van der Waals surface area contributed by atoms with Crippen molar-refractivity contribution in [2.75, 3.05) is 0 Å². The zero-order valence-electron chi connectivity index (χ0n) is 11.8. The maximum atomic E-state index is 5.98. The molecule has 0 saturated heterocycles. The van der Waals surface area contributed by atoms with Gasteiger partial charge in [0.2, 0.25) is 0 Å². The zero-order chi connectivity index (χ0) is 14.5. The molecule has 0 aliphatic rings.